The van der Waals surface area contributed by atoms with Gasteiger partial charge in [-0.3, -0.25) is 14.2 Å². The molecule has 3 aromatic rings. The van der Waals surface area contributed by atoms with Gasteiger partial charge in [-0.25, -0.2) is 0 Å². The molecular formula is C16H12ClN5O3. The van der Waals surface area contributed by atoms with Crippen LogP contribution in [0.15, 0.2) is 29.1 Å². The molecule has 126 valence electrons. The van der Waals surface area contributed by atoms with Crippen molar-refractivity contribution in [1.29, 1.82) is 0 Å². The highest BCUT2D eigenvalue weighted by Crippen LogP contribution is 2.47. The van der Waals surface area contributed by atoms with Crippen molar-refractivity contribution in [3.8, 4) is 11.4 Å². The molecule has 0 amide bonds. The van der Waals surface area contributed by atoms with Gasteiger partial charge in [0.2, 0.25) is 11.6 Å². The van der Waals surface area contributed by atoms with E-state index in [4.69, 9.17) is 11.6 Å². The number of ketones is 1. The maximum absolute atomic E-state index is 13.1. The lowest BCUT2D eigenvalue weighted by Gasteiger charge is -2.22. The van der Waals surface area contributed by atoms with Gasteiger partial charge in [-0.05, 0) is 16.8 Å². The number of benzene rings is 1. The van der Waals surface area contributed by atoms with Crippen LogP contribution in [0.3, 0.4) is 0 Å². The molecule has 1 aliphatic rings. The van der Waals surface area contributed by atoms with E-state index < -0.39 is 28.1 Å². The van der Waals surface area contributed by atoms with Crippen LogP contribution in [-0.4, -0.2) is 36.1 Å². The summed E-state index contributed by atoms with van der Waals surface area (Å²) in [6.07, 6.45) is 0. The van der Waals surface area contributed by atoms with Crippen LogP contribution in [-0.2, 0) is 5.41 Å². The van der Waals surface area contributed by atoms with Crippen LogP contribution < -0.4 is 5.56 Å². The molecule has 0 unspecified atom stereocenters. The van der Waals surface area contributed by atoms with Gasteiger partial charge in [-0.15, -0.1) is 10.2 Å². The Bertz CT molecular complexity index is 1090. The van der Waals surface area contributed by atoms with Crippen LogP contribution in [0.25, 0.3) is 5.69 Å². The normalized spacial score (nSPS) is 14.2. The molecule has 25 heavy (non-hydrogen) atoms. The Morgan fingerprint density at radius 2 is 2.04 bits per heavy atom. The highest BCUT2D eigenvalue weighted by atomic mass is 35.5. The van der Waals surface area contributed by atoms with Crippen molar-refractivity contribution in [2.75, 3.05) is 0 Å². The fourth-order valence-corrected chi connectivity index (χ4v) is 3.73. The number of H-pyrrole nitrogens is 1. The molecule has 8 nitrogen and oxygen atoms in total. The number of fused-ring (bicyclic) bond motifs is 3. The van der Waals surface area contributed by atoms with Gasteiger partial charge >= 0.3 is 0 Å². The van der Waals surface area contributed by atoms with E-state index in [1.165, 1.54) is 4.57 Å². The molecule has 0 radical (unpaired) electrons. The van der Waals surface area contributed by atoms with E-state index >= 15 is 0 Å². The first-order chi connectivity index (χ1) is 11.9. The van der Waals surface area contributed by atoms with Crippen molar-refractivity contribution in [1.82, 2.24) is 25.2 Å². The summed E-state index contributed by atoms with van der Waals surface area (Å²) < 4.78 is 1.37. The SMILES string of the molecule is CC1(C)c2ccccc2-n2c1c(Cl)c(O)c(C(=O)c1nn[nH]n1)c2=O. The first-order valence-electron chi connectivity index (χ1n) is 7.41. The third kappa shape index (κ3) is 1.91. The van der Waals surface area contributed by atoms with Crippen LogP contribution in [0.1, 0.15) is 41.3 Å². The summed E-state index contributed by atoms with van der Waals surface area (Å²) in [5, 5.41) is 23.0. The summed E-state index contributed by atoms with van der Waals surface area (Å²) in [6.45, 7) is 3.80. The number of hydrogen-bond donors (Lipinski definition) is 2. The van der Waals surface area contributed by atoms with Crippen molar-refractivity contribution in [3.05, 3.63) is 62.3 Å². The molecular weight excluding hydrogens is 346 g/mol. The van der Waals surface area contributed by atoms with E-state index in [-0.39, 0.29) is 10.8 Å². The number of carbonyl (C=O) groups excluding carboxylic acids is 1. The lowest BCUT2D eigenvalue weighted by Crippen LogP contribution is -2.29. The molecule has 0 aliphatic carbocycles. The average molecular weight is 358 g/mol. The van der Waals surface area contributed by atoms with Crippen LogP contribution in [0, 0.1) is 0 Å². The number of nitrogens with zero attached hydrogens (tertiary/aromatic N) is 4. The van der Waals surface area contributed by atoms with Crippen LogP contribution >= 0.6 is 11.6 Å². The van der Waals surface area contributed by atoms with E-state index in [2.05, 4.69) is 20.6 Å². The van der Waals surface area contributed by atoms with Gasteiger partial charge < -0.3 is 5.11 Å². The third-order valence-electron chi connectivity index (χ3n) is 4.48. The predicted octanol–water partition coefficient (Wildman–Crippen LogP) is 1.58. The molecule has 3 heterocycles. The first kappa shape index (κ1) is 15.5. The molecule has 1 aliphatic heterocycles. The Hall–Kier alpha value is -3.00. The Morgan fingerprint density at radius 3 is 2.72 bits per heavy atom. The average Bonchev–Trinajstić information content (AvgIpc) is 3.19. The zero-order valence-electron chi connectivity index (χ0n) is 13.2. The third-order valence-corrected chi connectivity index (χ3v) is 4.84. The number of aromatic hydroxyl groups is 1. The lowest BCUT2D eigenvalue weighted by atomic mass is 9.83. The second kappa shape index (κ2) is 5.00. The molecule has 1 aromatic carbocycles. The monoisotopic (exact) mass is 357 g/mol. The van der Waals surface area contributed by atoms with E-state index in [1.807, 2.05) is 26.0 Å². The number of nitrogens with one attached hydrogen (secondary N) is 1. The number of aromatic nitrogens is 5. The smallest absolute Gasteiger partial charge is 0.270 e. The fourth-order valence-electron chi connectivity index (χ4n) is 3.32. The quantitative estimate of drug-likeness (QED) is 0.673. The summed E-state index contributed by atoms with van der Waals surface area (Å²) in [7, 11) is 0. The van der Waals surface area contributed by atoms with Crippen molar-refractivity contribution >= 4 is 17.4 Å². The molecule has 0 spiro atoms. The van der Waals surface area contributed by atoms with E-state index in [1.54, 1.807) is 12.1 Å². The lowest BCUT2D eigenvalue weighted by molar-refractivity contribution is 0.102. The predicted molar refractivity (Wildman–Crippen MR) is 88.5 cm³/mol. The van der Waals surface area contributed by atoms with Crippen molar-refractivity contribution in [2.45, 2.75) is 19.3 Å². The number of para-hydroxylation sites is 1. The number of pyridine rings is 1. The Balaban J connectivity index is 2.10. The number of carbonyl (C=O) groups is 1. The summed E-state index contributed by atoms with van der Waals surface area (Å²) in [5.41, 5.74) is 0.155. The van der Waals surface area contributed by atoms with E-state index in [9.17, 15) is 14.7 Å². The maximum Gasteiger partial charge on any atom is 0.270 e. The minimum absolute atomic E-state index is 0.0485. The zero-order valence-corrected chi connectivity index (χ0v) is 14.0. The Kier molecular flexibility index (Phi) is 3.10. The van der Waals surface area contributed by atoms with E-state index in [0.717, 1.165) is 5.56 Å². The number of hydrogen-bond acceptors (Lipinski definition) is 6. The van der Waals surface area contributed by atoms with E-state index in [0.29, 0.717) is 11.4 Å². The first-order valence-corrected chi connectivity index (χ1v) is 7.79. The van der Waals surface area contributed by atoms with Gasteiger partial charge in [0.1, 0.15) is 10.6 Å². The molecule has 0 bridgehead atoms. The highest BCUT2D eigenvalue weighted by Gasteiger charge is 2.41. The number of tetrazole rings is 1. The van der Waals surface area contributed by atoms with Gasteiger partial charge in [0, 0.05) is 5.41 Å². The van der Waals surface area contributed by atoms with Gasteiger partial charge in [0.05, 0.1) is 11.4 Å². The minimum Gasteiger partial charge on any atom is -0.505 e. The van der Waals surface area contributed by atoms with Gasteiger partial charge in [-0.1, -0.05) is 43.6 Å². The summed E-state index contributed by atoms with van der Waals surface area (Å²) >= 11 is 6.37. The molecule has 0 saturated heterocycles. The summed E-state index contributed by atoms with van der Waals surface area (Å²) in [5.74, 6) is -1.75. The molecule has 2 N–H and O–H groups in total. The van der Waals surface area contributed by atoms with Gasteiger partial charge in [-0.2, -0.15) is 5.21 Å². The minimum atomic E-state index is -0.851. The standard InChI is InChI=1S/C16H12ClN5O3/c1-16(2)7-5-3-4-6-8(7)22-13(16)10(17)11(23)9(15(22)25)12(24)14-18-20-21-19-14/h3-6,23H,1-2H3,(H,18,19,20,21). The Morgan fingerprint density at radius 1 is 1.32 bits per heavy atom. The molecule has 9 heteroatoms. The van der Waals surface area contributed by atoms with Crippen LogP contribution in [0.5, 0.6) is 5.75 Å². The second-order valence-corrected chi connectivity index (χ2v) is 6.61. The van der Waals surface area contributed by atoms with Crippen molar-refractivity contribution < 1.29 is 9.90 Å². The fraction of sp³-hybridized carbons (Fsp3) is 0.188. The number of aromatic amines is 1. The zero-order chi connectivity index (χ0) is 17.9. The van der Waals surface area contributed by atoms with Crippen LogP contribution in [0.2, 0.25) is 5.02 Å². The molecule has 4 rings (SSSR count). The largest absolute Gasteiger partial charge is 0.505 e. The number of rotatable bonds is 2. The topological polar surface area (TPSA) is 114 Å². The highest BCUT2D eigenvalue weighted by molar-refractivity contribution is 6.33. The van der Waals surface area contributed by atoms with Crippen LogP contribution in [0.4, 0.5) is 0 Å². The molecule has 0 saturated carbocycles. The van der Waals surface area contributed by atoms with Gasteiger partial charge in [0.15, 0.2) is 5.75 Å². The Labute approximate surface area is 146 Å². The molecule has 0 atom stereocenters. The summed E-state index contributed by atoms with van der Waals surface area (Å²) in [6, 6.07) is 7.30. The number of halogens is 1. The molecule has 2 aromatic heterocycles. The van der Waals surface area contributed by atoms with Gasteiger partial charge in [0.25, 0.3) is 5.56 Å². The second-order valence-electron chi connectivity index (χ2n) is 6.23. The maximum atomic E-state index is 13.1. The van der Waals surface area contributed by atoms with Crippen molar-refractivity contribution in [2.24, 2.45) is 0 Å². The van der Waals surface area contributed by atoms with Crippen molar-refractivity contribution in [3.63, 3.8) is 0 Å². The molecule has 0 fully saturated rings. The summed E-state index contributed by atoms with van der Waals surface area (Å²) in [4.78, 5) is 25.6.